The molecule has 1 saturated heterocycles. The largest absolute Gasteiger partial charge is 0.462 e. The summed E-state index contributed by atoms with van der Waals surface area (Å²) < 4.78 is 54.2. The smallest absolute Gasteiger partial charge is 0.306 e. The molecular formula is C51H92O12S. The molecule has 0 saturated carbocycles. The predicted octanol–water partition coefficient (Wildman–Crippen LogP) is 11.3. The zero-order valence-electron chi connectivity index (χ0n) is 40.1. The van der Waals surface area contributed by atoms with Gasteiger partial charge in [0.25, 0.3) is 10.1 Å². The predicted molar refractivity (Wildman–Crippen MR) is 256 cm³/mol. The second-order valence-corrected chi connectivity index (χ2v) is 19.3. The van der Waals surface area contributed by atoms with Crippen LogP contribution in [0.5, 0.6) is 0 Å². The van der Waals surface area contributed by atoms with E-state index in [1.165, 1.54) is 122 Å². The molecule has 1 fully saturated rings. The van der Waals surface area contributed by atoms with Crippen LogP contribution in [0.25, 0.3) is 0 Å². The van der Waals surface area contributed by atoms with Crippen molar-refractivity contribution in [3.8, 4) is 0 Å². The number of rotatable bonds is 43. The van der Waals surface area contributed by atoms with Crippen LogP contribution in [0.3, 0.4) is 0 Å². The fraction of sp³-hybridized carbons (Fsp3) is 0.843. The van der Waals surface area contributed by atoms with Gasteiger partial charge in [0, 0.05) is 12.8 Å². The van der Waals surface area contributed by atoms with Crippen LogP contribution < -0.4 is 0 Å². The highest BCUT2D eigenvalue weighted by Gasteiger charge is 2.46. The maximum Gasteiger partial charge on any atom is 0.306 e. The molecule has 4 N–H and O–H groups in total. The topological polar surface area (TPSA) is 186 Å². The molecule has 0 radical (unpaired) electrons. The van der Waals surface area contributed by atoms with E-state index in [0.717, 1.165) is 57.8 Å². The van der Waals surface area contributed by atoms with Gasteiger partial charge in [0.2, 0.25) is 0 Å². The number of aliphatic hydroxyl groups excluding tert-OH is 3. The highest BCUT2D eigenvalue weighted by atomic mass is 32.2. The van der Waals surface area contributed by atoms with Gasteiger partial charge in [-0.2, -0.15) is 8.42 Å². The van der Waals surface area contributed by atoms with Crippen molar-refractivity contribution in [1.82, 2.24) is 0 Å². The Kier molecular flexibility index (Phi) is 38.4. The molecule has 1 aliphatic heterocycles. The van der Waals surface area contributed by atoms with Crippen LogP contribution in [-0.2, 0) is 38.7 Å². The zero-order valence-corrected chi connectivity index (χ0v) is 41.0. The van der Waals surface area contributed by atoms with E-state index in [9.17, 15) is 37.9 Å². The van der Waals surface area contributed by atoms with E-state index in [1.54, 1.807) is 0 Å². The lowest BCUT2D eigenvalue weighted by molar-refractivity contribution is -0.297. The Bertz CT molecular complexity index is 1320. The van der Waals surface area contributed by atoms with Crippen LogP contribution in [0.15, 0.2) is 36.5 Å². The molecule has 0 aromatic heterocycles. The van der Waals surface area contributed by atoms with Gasteiger partial charge in [0.05, 0.1) is 6.61 Å². The summed E-state index contributed by atoms with van der Waals surface area (Å²) in [6.45, 7) is 3.75. The maximum absolute atomic E-state index is 12.9. The molecule has 0 aromatic carbocycles. The van der Waals surface area contributed by atoms with Gasteiger partial charge in [-0.25, -0.2) is 0 Å². The van der Waals surface area contributed by atoms with E-state index in [1.807, 2.05) is 0 Å². The summed E-state index contributed by atoms with van der Waals surface area (Å²) >= 11 is 0. The van der Waals surface area contributed by atoms with Crippen molar-refractivity contribution in [1.29, 1.82) is 0 Å². The second kappa shape index (κ2) is 41.1. The molecule has 1 aliphatic rings. The molecule has 12 nitrogen and oxygen atoms in total. The molecule has 0 amide bonds. The first-order valence-electron chi connectivity index (χ1n) is 25.5. The van der Waals surface area contributed by atoms with Gasteiger partial charge in [0.1, 0.15) is 36.8 Å². The first kappa shape index (κ1) is 59.9. The Morgan fingerprint density at radius 3 is 1.42 bits per heavy atom. The van der Waals surface area contributed by atoms with Crippen molar-refractivity contribution in [3.63, 3.8) is 0 Å². The molecule has 6 atom stereocenters. The first-order chi connectivity index (χ1) is 31.0. The van der Waals surface area contributed by atoms with E-state index in [0.29, 0.717) is 12.8 Å². The average molecular weight is 929 g/mol. The van der Waals surface area contributed by atoms with Crippen LogP contribution >= 0.6 is 0 Å². The molecule has 0 spiro atoms. The van der Waals surface area contributed by atoms with Crippen LogP contribution in [0.1, 0.15) is 219 Å². The van der Waals surface area contributed by atoms with Crippen molar-refractivity contribution in [2.24, 2.45) is 0 Å². The number of allylic oxidation sites excluding steroid dienone is 6. The van der Waals surface area contributed by atoms with Crippen LogP contribution in [0, 0.1) is 0 Å². The van der Waals surface area contributed by atoms with Crippen LogP contribution in [-0.4, -0.2) is 96.0 Å². The van der Waals surface area contributed by atoms with Crippen LogP contribution in [0.2, 0.25) is 0 Å². The molecule has 1 rings (SSSR count). The summed E-state index contributed by atoms with van der Waals surface area (Å²) in [7, 11) is -4.61. The van der Waals surface area contributed by atoms with E-state index in [-0.39, 0.29) is 19.4 Å². The fourth-order valence-electron chi connectivity index (χ4n) is 7.70. The number of esters is 2. The molecule has 6 unspecified atom stereocenters. The first-order valence-corrected chi connectivity index (χ1v) is 27.2. The lowest BCUT2D eigenvalue weighted by Gasteiger charge is -2.40. The van der Waals surface area contributed by atoms with Gasteiger partial charge in [-0.3, -0.25) is 14.1 Å². The summed E-state index contributed by atoms with van der Waals surface area (Å²) in [6.07, 6.45) is 38.9. The number of carbonyl (C=O) groups excluding carboxylic acids is 2. The molecule has 0 bridgehead atoms. The normalized spacial score (nSPS) is 19.9. The molecule has 0 aromatic rings. The third-order valence-electron chi connectivity index (χ3n) is 11.7. The highest BCUT2D eigenvalue weighted by molar-refractivity contribution is 7.85. The Morgan fingerprint density at radius 2 is 0.938 bits per heavy atom. The fourth-order valence-corrected chi connectivity index (χ4v) is 8.39. The molecule has 0 aliphatic carbocycles. The van der Waals surface area contributed by atoms with Gasteiger partial charge in [-0.15, -0.1) is 0 Å². The Morgan fingerprint density at radius 1 is 0.531 bits per heavy atom. The Labute approximate surface area is 389 Å². The van der Waals surface area contributed by atoms with Crippen molar-refractivity contribution in [3.05, 3.63) is 36.5 Å². The lowest BCUT2D eigenvalue weighted by atomic mass is 10.00. The number of hydrogen-bond donors (Lipinski definition) is 4. The number of carbonyl (C=O) groups is 2. The van der Waals surface area contributed by atoms with Gasteiger partial charge in [-0.05, 0) is 70.6 Å². The number of ether oxygens (including phenoxy) is 4. The van der Waals surface area contributed by atoms with E-state index in [4.69, 9.17) is 18.9 Å². The summed E-state index contributed by atoms with van der Waals surface area (Å²) in [5, 5.41) is 31.0. The van der Waals surface area contributed by atoms with Gasteiger partial charge < -0.3 is 34.3 Å². The minimum atomic E-state index is -4.61. The van der Waals surface area contributed by atoms with Gasteiger partial charge >= 0.3 is 11.9 Å². The van der Waals surface area contributed by atoms with Crippen molar-refractivity contribution in [2.45, 2.75) is 256 Å². The quantitative estimate of drug-likeness (QED) is 0.0196. The van der Waals surface area contributed by atoms with E-state index >= 15 is 0 Å². The SMILES string of the molecule is CCCCC/C=C\C/C=C\CCCCCCCCCC(=O)OC(COC(=O)CCCCCCCCCCC/C=C\CCCCCCCC)COC1OC(CS(=O)(=O)O)C(O)C(O)C1O. The second-order valence-electron chi connectivity index (χ2n) is 17.8. The molecule has 374 valence electrons. The summed E-state index contributed by atoms with van der Waals surface area (Å²) in [6, 6.07) is 0. The maximum atomic E-state index is 12.9. The number of unbranched alkanes of at least 4 members (excludes halogenated alkanes) is 25. The van der Waals surface area contributed by atoms with Gasteiger partial charge in [0.15, 0.2) is 12.4 Å². The van der Waals surface area contributed by atoms with Crippen molar-refractivity contribution >= 4 is 22.1 Å². The molecule has 13 heteroatoms. The van der Waals surface area contributed by atoms with E-state index in [2.05, 4.69) is 50.3 Å². The average Bonchev–Trinajstić information content (AvgIpc) is 3.26. The van der Waals surface area contributed by atoms with Crippen molar-refractivity contribution in [2.75, 3.05) is 19.0 Å². The summed E-state index contributed by atoms with van der Waals surface area (Å²) in [5.74, 6) is -1.99. The van der Waals surface area contributed by atoms with E-state index < -0.39 is 71.2 Å². The molecule has 64 heavy (non-hydrogen) atoms. The standard InChI is InChI=1S/C51H92O12S/c1-3-5-7-9-11-13-15-17-19-21-22-24-25-27-29-31-33-35-37-39-46(52)60-41-44(42-61-51-50(56)49(55)48(54)45(63-51)43-64(57,58)59)62-47(53)40-38-36-34-32-30-28-26-23-20-18-16-14-12-10-8-6-4-2/h12,14,17-20,44-45,48-51,54-56H,3-11,13,15-16,21-43H2,1-2H3,(H,57,58,59)/b14-12-,19-17-,20-18-. The number of hydrogen-bond acceptors (Lipinski definition) is 11. The third-order valence-corrected chi connectivity index (χ3v) is 12.4. The van der Waals surface area contributed by atoms with Crippen molar-refractivity contribution < 1.29 is 56.8 Å². The molecule has 1 heterocycles. The lowest BCUT2D eigenvalue weighted by Crippen LogP contribution is -2.60. The number of aliphatic hydroxyl groups is 3. The highest BCUT2D eigenvalue weighted by Crippen LogP contribution is 2.24. The Balaban J connectivity index is 2.38. The monoisotopic (exact) mass is 929 g/mol. The van der Waals surface area contributed by atoms with Gasteiger partial charge in [-0.1, -0.05) is 172 Å². The van der Waals surface area contributed by atoms with Crippen LogP contribution in [0.4, 0.5) is 0 Å². The minimum absolute atomic E-state index is 0.156. The summed E-state index contributed by atoms with van der Waals surface area (Å²) in [5.41, 5.74) is 0. The zero-order chi connectivity index (χ0) is 46.9. The third kappa shape index (κ3) is 35.1. The molecular weight excluding hydrogens is 837 g/mol. The summed E-state index contributed by atoms with van der Waals surface area (Å²) in [4.78, 5) is 25.5. The minimum Gasteiger partial charge on any atom is -0.462 e. The Hall–Kier alpha value is -2.13.